The van der Waals surface area contributed by atoms with Crippen LogP contribution in [0.5, 0.6) is 0 Å². The van der Waals surface area contributed by atoms with E-state index in [-0.39, 0.29) is 18.7 Å². The highest BCUT2D eigenvalue weighted by Crippen LogP contribution is 2.12. The molecule has 0 aromatic rings. The first-order valence-corrected chi connectivity index (χ1v) is 14.8. The van der Waals surface area contributed by atoms with Gasteiger partial charge in [0.15, 0.2) is 0 Å². The number of rotatable bonds is 26. The summed E-state index contributed by atoms with van der Waals surface area (Å²) < 4.78 is 5.40. The predicted octanol–water partition coefficient (Wildman–Crippen LogP) is 7.12. The Balaban J connectivity index is 3.99. The normalized spacial score (nSPS) is 11.8. The number of carbonyl (C=O) groups excluding carboxylic acids is 3. The summed E-state index contributed by atoms with van der Waals surface area (Å²) in [7, 11) is 0. The number of primary amides is 1. The number of hydrogen-bond donors (Lipinski definition) is 2. The van der Waals surface area contributed by atoms with Crippen LogP contribution in [-0.4, -0.2) is 30.4 Å². The van der Waals surface area contributed by atoms with E-state index in [9.17, 15) is 14.4 Å². The third-order valence-electron chi connectivity index (χ3n) is 6.55. The van der Waals surface area contributed by atoms with Crippen LogP contribution in [0.4, 0.5) is 0 Å². The molecule has 3 N–H and O–H groups in total. The number of unbranched alkanes of at least 4 members (excludes halogenated alkanes) is 17. The number of esters is 1. The van der Waals surface area contributed by atoms with Crippen LogP contribution in [0.1, 0.15) is 155 Å². The molecule has 0 rings (SSSR count). The molecule has 0 fully saturated rings. The molecule has 35 heavy (non-hydrogen) atoms. The van der Waals surface area contributed by atoms with Crippen molar-refractivity contribution in [3.05, 3.63) is 0 Å². The fraction of sp³-hybridized carbons (Fsp3) is 0.897. The molecule has 0 saturated carbocycles. The van der Waals surface area contributed by atoms with Crippen molar-refractivity contribution in [2.75, 3.05) is 6.61 Å². The van der Waals surface area contributed by atoms with Crippen LogP contribution in [0.15, 0.2) is 0 Å². The Hall–Kier alpha value is -1.59. The molecule has 0 aliphatic heterocycles. The van der Waals surface area contributed by atoms with Gasteiger partial charge in [0.2, 0.25) is 11.8 Å². The molecule has 206 valence electrons. The molecule has 0 aromatic carbocycles. The fourth-order valence-electron chi connectivity index (χ4n) is 4.26. The molecule has 0 radical (unpaired) electrons. The van der Waals surface area contributed by atoms with Gasteiger partial charge >= 0.3 is 5.97 Å². The monoisotopic (exact) mass is 496 g/mol. The zero-order valence-corrected chi connectivity index (χ0v) is 23.1. The quantitative estimate of drug-likeness (QED) is 0.0983. The molecule has 0 aliphatic rings. The second kappa shape index (κ2) is 25.5. The summed E-state index contributed by atoms with van der Waals surface area (Å²) in [5.41, 5.74) is 5.25. The Labute approximate surface area is 215 Å². The van der Waals surface area contributed by atoms with Crippen LogP contribution in [-0.2, 0) is 19.1 Å². The third kappa shape index (κ3) is 23.9. The van der Waals surface area contributed by atoms with Gasteiger partial charge in [0.25, 0.3) is 0 Å². The number of nitrogens with two attached hydrogens (primary N) is 1. The highest BCUT2D eigenvalue weighted by atomic mass is 16.5. The maximum Gasteiger partial charge on any atom is 0.328 e. The van der Waals surface area contributed by atoms with Gasteiger partial charge in [-0.15, -0.1) is 0 Å². The van der Waals surface area contributed by atoms with E-state index in [0.29, 0.717) is 13.0 Å². The van der Waals surface area contributed by atoms with Crippen LogP contribution in [0, 0.1) is 0 Å². The molecular weight excluding hydrogens is 440 g/mol. The average Bonchev–Trinajstić information content (AvgIpc) is 2.83. The van der Waals surface area contributed by atoms with E-state index in [1.54, 1.807) is 0 Å². The van der Waals surface area contributed by atoms with Crippen molar-refractivity contribution in [1.29, 1.82) is 0 Å². The smallest absolute Gasteiger partial charge is 0.328 e. The first-order chi connectivity index (χ1) is 17.0. The number of nitrogens with one attached hydrogen (secondary N) is 1. The number of carbonyl (C=O) groups is 3. The van der Waals surface area contributed by atoms with Crippen LogP contribution in [0.25, 0.3) is 0 Å². The first kappa shape index (κ1) is 33.4. The molecule has 0 aromatic heterocycles. The Bertz CT molecular complexity index is 525. The van der Waals surface area contributed by atoms with Gasteiger partial charge in [0.1, 0.15) is 6.04 Å². The number of ether oxygens (including phenoxy) is 1. The first-order valence-electron chi connectivity index (χ1n) is 14.8. The molecular formula is C29H56N2O4. The Kier molecular flexibility index (Phi) is 24.3. The highest BCUT2D eigenvalue weighted by molar-refractivity contribution is 5.85. The highest BCUT2D eigenvalue weighted by Gasteiger charge is 2.22. The van der Waals surface area contributed by atoms with Crippen molar-refractivity contribution in [1.82, 2.24) is 5.32 Å². The summed E-state index contributed by atoms with van der Waals surface area (Å²) in [6.07, 6.45) is 23.5. The van der Waals surface area contributed by atoms with Crippen molar-refractivity contribution in [3.8, 4) is 0 Å². The molecule has 2 amide bonds. The van der Waals surface area contributed by atoms with E-state index in [2.05, 4.69) is 19.2 Å². The van der Waals surface area contributed by atoms with Crippen molar-refractivity contribution in [2.24, 2.45) is 5.73 Å². The molecule has 1 atom stereocenters. The summed E-state index contributed by atoms with van der Waals surface area (Å²) >= 11 is 0. The Morgan fingerprint density at radius 3 is 1.51 bits per heavy atom. The van der Waals surface area contributed by atoms with Crippen LogP contribution in [0.3, 0.4) is 0 Å². The van der Waals surface area contributed by atoms with E-state index >= 15 is 0 Å². The minimum atomic E-state index is -0.795. The van der Waals surface area contributed by atoms with Crippen molar-refractivity contribution in [2.45, 2.75) is 161 Å². The molecule has 6 heteroatoms. The molecule has 0 unspecified atom stereocenters. The molecule has 0 bridgehead atoms. The van der Waals surface area contributed by atoms with E-state index in [0.717, 1.165) is 38.5 Å². The van der Waals surface area contributed by atoms with Crippen molar-refractivity contribution in [3.63, 3.8) is 0 Å². The summed E-state index contributed by atoms with van der Waals surface area (Å²) in [5.74, 6) is -1.09. The number of hydrogen-bond acceptors (Lipinski definition) is 4. The van der Waals surface area contributed by atoms with Gasteiger partial charge in [0, 0.05) is 12.8 Å². The van der Waals surface area contributed by atoms with Crippen molar-refractivity contribution >= 4 is 17.8 Å². The number of amides is 2. The lowest BCUT2D eigenvalue weighted by Crippen LogP contribution is -2.42. The second-order valence-corrected chi connectivity index (χ2v) is 10.1. The van der Waals surface area contributed by atoms with Gasteiger partial charge in [-0.2, -0.15) is 0 Å². The van der Waals surface area contributed by atoms with Crippen LogP contribution in [0.2, 0.25) is 0 Å². The Morgan fingerprint density at radius 2 is 1.06 bits per heavy atom. The SMILES string of the molecule is CCCCCCCCCCCCOC(=O)[C@H](CCC(N)=O)NC(=O)CCCCCCCCCCC. The fourth-order valence-corrected chi connectivity index (χ4v) is 4.26. The van der Waals surface area contributed by atoms with Gasteiger partial charge in [-0.3, -0.25) is 9.59 Å². The minimum absolute atomic E-state index is 0.0519. The van der Waals surface area contributed by atoms with E-state index in [4.69, 9.17) is 10.5 Å². The van der Waals surface area contributed by atoms with E-state index in [1.165, 1.54) is 83.5 Å². The standard InChI is InChI=1S/C29H56N2O4/c1-3-5-7-9-11-13-15-17-19-21-25-35-29(34)26(23-24-27(30)32)31-28(33)22-20-18-16-14-12-10-8-6-4-2/h26H,3-25H2,1-2H3,(H2,30,32)(H,31,33)/t26-/m0/s1. The summed E-state index contributed by atoms with van der Waals surface area (Å²) in [6, 6.07) is -0.795. The zero-order chi connectivity index (χ0) is 26.0. The average molecular weight is 497 g/mol. The van der Waals surface area contributed by atoms with Gasteiger partial charge in [-0.05, 0) is 19.3 Å². The third-order valence-corrected chi connectivity index (χ3v) is 6.55. The predicted molar refractivity (Wildman–Crippen MR) is 145 cm³/mol. The molecule has 0 heterocycles. The molecule has 0 aliphatic carbocycles. The summed E-state index contributed by atoms with van der Waals surface area (Å²) in [4.78, 5) is 36.0. The Morgan fingerprint density at radius 1 is 0.629 bits per heavy atom. The summed E-state index contributed by atoms with van der Waals surface area (Å²) in [5, 5.41) is 2.77. The van der Waals surface area contributed by atoms with Crippen LogP contribution < -0.4 is 11.1 Å². The maximum absolute atomic E-state index is 12.5. The van der Waals surface area contributed by atoms with Crippen molar-refractivity contribution < 1.29 is 19.1 Å². The summed E-state index contributed by atoms with van der Waals surface area (Å²) in [6.45, 7) is 4.82. The van der Waals surface area contributed by atoms with Gasteiger partial charge in [-0.25, -0.2) is 4.79 Å². The maximum atomic E-state index is 12.5. The lowest BCUT2D eigenvalue weighted by molar-refractivity contribution is -0.148. The van der Waals surface area contributed by atoms with E-state index in [1.807, 2.05) is 0 Å². The van der Waals surface area contributed by atoms with Gasteiger partial charge < -0.3 is 15.8 Å². The molecule has 0 spiro atoms. The van der Waals surface area contributed by atoms with Gasteiger partial charge in [-0.1, -0.05) is 123 Å². The molecule has 0 saturated heterocycles. The zero-order valence-electron chi connectivity index (χ0n) is 23.1. The molecule has 6 nitrogen and oxygen atoms in total. The van der Waals surface area contributed by atoms with Crippen LogP contribution >= 0.6 is 0 Å². The lowest BCUT2D eigenvalue weighted by atomic mass is 10.1. The van der Waals surface area contributed by atoms with Gasteiger partial charge in [0.05, 0.1) is 6.61 Å². The second-order valence-electron chi connectivity index (χ2n) is 10.1. The lowest BCUT2D eigenvalue weighted by Gasteiger charge is -2.17. The topological polar surface area (TPSA) is 98.5 Å². The largest absolute Gasteiger partial charge is 0.464 e. The van der Waals surface area contributed by atoms with E-state index < -0.39 is 17.9 Å². The minimum Gasteiger partial charge on any atom is -0.464 e.